The largest absolute Gasteiger partial charge is 0.390 e. The zero-order valence-electron chi connectivity index (χ0n) is 13.2. The van der Waals surface area contributed by atoms with E-state index in [0.717, 1.165) is 35.0 Å². The summed E-state index contributed by atoms with van der Waals surface area (Å²) in [7, 11) is 0. The van der Waals surface area contributed by atoms with Crippen molar-refractivity contribution in [3.63, 3.8) is 0 Å². The number of benzene rings is 1. The number of hydrogen-bond acceptors (Lipinski definition) is 2. The van der Waals surface area contributed by atoms with Crippen LogP contribution >= 0.6 is 15.9 Å². The van der Waals surface area contributed by atoms with E-state index < -0.39 is 11.5 Å². The molecule has 1 amide bonds. The number of rotatable bonds is 3. The zero-order chi connectivity index (χ0) is 16.9. The number of aryl methyl sites for hydroxylation is 1. The lowest BCUT2D eigenvalue weighted by atomic mass is 9.78. The highest BCUT2D eigenvalue weighted by Gasteiger charge is 2.33. The van der Waals surface area contributed by atoms with E-state index >= 15 is 0 Å². The summed E-state index contributed by atoms with van der Waals surface area (Å²) < 4.78 is 14.6. The predicted molar refractivity (Wildman–Crippen MR) is 90.7 cm³/mol. The number of aliphatic hydroxyl groups is 1. The molecule has 4 nitrogen and oxygen atoms in total. The fraction of sp³-hybridized carbons (Fsp3) is 0.471. The second-order valence-corrected chi connectivity index (χ2v) is 7.69. The number of nitrogens with two attached hydrogens (primary N) is 1. The van der Waals surface area contributed by atoms with Crippen LogP contribution in [0.4, 0.5) is 4.39 Å². The normalized spacial score (nSPS) is 18.2. The SMILES string of the molecule is CC(C)(O)[C@H]1CCc2c([nH]c3c(CC(N)=O)cc(F)c(Br)c23)C1. The Bertz CT molecular complexity index is 792. The molecule has 1 aliphatic carbocycles. The molecule has 0 unspecified atom stereocenters. The molecule has 124 valence electrons. The minimum absolute atomic E-state index is 0.00495. The van der Waals surface area contributed by atoms with Crippen molar-refractivity contribution in [1.82, 2.24) is 4.98 Å². The van der Waals surface area contributed by atoms with E-state index in [9.17, 15) is 14.3 Å². The van der Waals surface area contributed by atoms with Crippen LogP contribution in [-0.2, 0) is 24.1 Å². The highest BCUT2D eigenvalue weighted by molar-refractivity contribution is 9.10. The minimum Gasteiger partial charge on any atom is -0.390 e. The molecule has 23 heavy (non-hydrogen) atoms. The second kappa shape index (κ2) is 5.60. The van der Waals surface area contributed by atoms with Gasteiger partial charge in [-0.3, -0.25) is 4.79 Å². The van der Waals surface area contributed by atoms with Crippen LogP contribution in [0, 0.1) is 11.7 Å². The highest BCUT2D eigenvalue weighted by Crippen LogP contribution is 2.40. The maximum Gasteiger partial charge on any atom is 0.221 e. The Morgan fingerprint density at radius 3 is 2.87 bits per heavy atom. The van der Waals surface area contributed by atoms with Crippen LogP contribution < -0.4 is 5.73 Å². The predicted octanol–water partition coefficient (Wildman–Crippen LogP) is 2.97. The van der Waals surface area contributed by atoms with Crippen LogP contribution in [0.25, 0.3) is 10.9 Å². The Morgan fingerprint density at radius 1 is 1.57 bits per heavy atom. The van der Waals surface area contributed by atoms with Gasteiger partial charge in [0.05, 0.1) is 22.0 Å². The van der Waals surface area contributed by atoms with E-state index in [1.807, 2.05) is 13.8 Å². The topological polar surface area (TPSA) is 79.1 Å². The fourth-order valence-electron chi connectivity index (χ4n) is 3.53. The number of carbonyl (C=O) groups is 1. The zero-order valence-corrected chi connectivity index (χ0v) is 14.8. The summed E-state index contributed by atoms with van der Waals surface area (Å²) in [6.45, 7) is 3.64. The van der Waals surface area contributed by atoms with Crippen molar-refractivity contribution in [1.29, 1.82) is 0 Å². The average Bonchev–Trinajstić information content (AvgIpc) is 2.82. The molecule has 1 aromatic carbocycles. The Morgan fingerprint density at radius 2 is 2.26 bits per heavy atom. The van der Waals surface area contributed by atoms with Crippen molar-refractivity contribution < 1.29 is 14.3 Å². The van der Waals surface area contributed by atoms with Crippen LogP contribution in [-0.4, -0.2) is 21.6 Å². The second-order valence-electron chi connectivity index (χ2n) is 6.90. The third-order valence-corrected chi connectivity index (χ3v) is 5.58. The fourth-order valence-corrected chi connectivity index (χ4v) is 4.08. The van der Waals surface area contributed by atoms with Crippen LogP contribution in [0.1, 0.15) is 37.1 Å². The van der Waals surface area contributed by atoms with Gasteiger partial charge in [0.2, 0.25) is 5.91 Å². The van der Waals surface area contributed by atoms with E-state index in [2.05, 4.69) is 20.9 Å². The third-order valence-electron chi connectivity index (χ3n) is 4.80. The van der Waals surface area contributed by atoms with Crippen molar-refractivity contribution in [2.75, 3.05) is 0 Å². The number of primary amides is 1. The Labute approximate surface area is 142 Å². The first-order valence-electron chi connectivity index (χ1n) is 7.69. The molecule has 6 heteroatoms. The van der Waals surface area contributed by atoms with Crippen LogP contribution in [0.3, 0.4) is 0 Å². The van der Waals surface area contributed by atoms with Crippen molar-refractivity contribution in [2.45, 2.75) is 45.1 Å². The quantitative estimate of drug-likeness (QED) is 0.762. The molecule has 2 aromatic rings. The third kappa shape index (κ3) is 2.90. The van der Waals surface area contributed by atoms with Crippen LogP contribution in [0.2, 0.25) is 0 Å². The monoisotopic (exact) mass is 382 g/mol. The van der Waals surface area contributed by atoms with Crippen molar-refractivity contribution in [2.24, 2.45) is 11.7 Å². The number of amides is 1. The van der Waals surface area contributed by atoms with Crippen LogP contribution in [0.15, 0.2) is 10.5 Å². The molecule has 1 aromatic heterocycles. The summed E-state index contributed by atoms with van der Waals surface area (Å²) in [6, 6.07) is 1.35. The minimum atomic E-state index is -0.756. The van der Waals surface area contributed by atoms with Crippen LogP contribution in [0.5, 0.6) is 0 Å². The van der Waals surface area contributed by atoms with E-state index in [1.165, 1.54) is 6.07 Å². The molecule has 0 saturated heterocycles. The molecule has 0 saturated carbocycles. The average molecular weight is 383 g/mol. The highest BCUT2D eigenvalue weighted by atomic mass is 79.9. The van der Waals surface area contributed by atoms with Gasteiger partial charge in [0.25, 0.3) is 0 Å². The van der Waals surface area contributed by atoms with Gasteiger partial charge in [0.15, 0.2) is 0 Å². The molecule has 1 atom stereocenters. The molecule has 0 spiro atoms. The lowest BCUT2D eigenvalue weighted by Crippen LogP contribution is -2.34. The molecule has 4 N–H and O–H groups in total. The molecule has 0 bridgehead atoms. The number of aromatic nitrogens is 1. The number of fused-ring (bicyclic) bond motifs is 3. The van der Waals surface area contributed by atoms with Crippen molar-refractivity contribution in [3.05, 3.63) is 33.2 Å². The van der Waals surface area contributed by atoms with Gasteiger partial charge < -0.3 is 15.8 Å². The molecule has 1 heterocycles. The molecular formula is C17H20BrFN2O2. The first kappa shape index (κ1) is 16.5. The lowest BCUT2D eigenvalue weighted by molar-refractivity contribution is -0.117. The summed E-state index contributed by atoms with van der Waals surface area (Å²) in [5.41, 5.74) is 7.94. The van der Waals surface area contributed by atoms with Crippen molar-refractivity contribution >= 4 is 32.7 Å². The van der Waals surface area contributed by atoms with Gasteiger partial charge in [-0.2, -0.15) is 0 Å². The summed E-state index contributed by atoms with van der Waals surface area (Å²) in [5.74, 6) is -0.735. The summed E-state index contributed by atoms with van der Waals surface area (Å²) >= 11 is 3.33. The number of hydrogen-bond donors (Lipinski definition) is 3. The number of halogens is 2. The summed E-state index contributed by atoms with van der Waals surface area (Å²) in [4.78, 5) is 14.6. The maximum atomic E-state index is 14.2. The summed E-state index contributed by atoms with van der Waals surface area (Å²) in [6.07, 6.45) is 2.31. The number of carbonyl (C=O) groups excluding carboxylic acids is 1. The lowest BCUT2D eigenvalue weighted by Gasteiger charge is -2.32. The first-order chi connectivity index (χ1) is 10.7. The molecule has 0 radical (unpaired) electrons. The molecule has 1 aliphatic rings. The van der Waals surface area contributed by atoms with E-state index in [-0.39, 0.29) is 18.2 Å². The number of H-pyrrole nitrogens is 1. The van der Waals surface area contributed by atoms with E-state index in [1.54, 1.807) is 0 Å². The van der Waals surface area contributed by atoms with Gasteiger partial charge in [-0.1, -0.05) is 0 Å². The van der Waals surface area contributed by atoms with Gasteiger partial charge in [-0.25, -0.2) is 4.39 Å². The van der Waals surface area contributed by atoms with Gasteiger partial charge in [-0.05, 0) is 72.2 Å². The summed E-state index contributed by atoms with van der Waals surface area (Å²) in [5, 5.41) is 11.1. The van der Waals surface area contributed by atoms with Gasteiger partial charge in [-0.15, -0.1) is 0 Å². The van der Waals surface area contributed by atoms with Gasteiger partial charge in [0.1, 0.15) is 5.82 Å². The Balaban J connectivity index is 2.16. The molecular weight excluding hydrogens is 363 g/mol. The molecule has 0 fully saturated rings. The Hall–Kier alpha value is -1.40. The maximum absolute atomic E-state index is 14.2. The van der Waals surface area contributed by atoms with Crippen molar-refractivity contribution in [3.8, 4) is 0 Å². The molecule has 3 rings (SSSR count). The molecule has 0 aliphatic heterocycles. The smallest absolute Gasteiger partial charge is 0.221 e. The number of nitrogens with one attached hydrogen (secondary N) is 1. The van der Waals surface area contributed by atoms with E-state index in [0.29, 0.717) is 16.5 Å². The standard InChI is InChI=1S/C17H20BrFN2O2/c1-17(2,23)9-3-4-10-12(7-9)21-16-8(6-13(20)22)5-11(19)15(18)14(10)16/h5,9,21,23H,3-4,6-7H2,1-2H3,(H2,20,22)/t9-/m0/s1. The Kier molecular flexibility index (Phi) is 4.01. The first-order valence-corrected chi connectivity index (χ1v) is 8.48. The van der Waals surface area contributed by atoms with E-state index in [4.69, 9.17) is 5.73 Å². The number of aromatic amines is 1. The van der Waals surface area contributed by atoms with Gasteiger partial charge >= 0.3 is 0 Å². The van der Waals surface area contributed by atoms with Gasteiger partial charge in [0, 0.05) is 11.1 Å².